The Morgan fingerprint density at radius 1 is 0.957 bits per heavy atom. The SMILES string of the molecule is CCC=CC[C@H](O)C=CC=CCC=CCC=CCCCC(=O)O. The Kier molecular flexibility index (Phi) is 15.2. The molecule has 128 valence electrons. The summed E-state index contributed by atoms with van der Waals surface area (Å²) in [5.74, 6) is -0.732. The van der Waals surface area contributed by atoms with Crippen LogP contribution in [-0.2, 0) is 4.79 Å². The van der Waals surface area contributed by atoms with Gasteiger partial charge in [-0.1, -0.05) is 67.7 Å². The van der Waals surface area contributed by atoms with E-state index in [9.17, 15) is 9.90 Å². The number of hydrogen-bond donors (Lipinski definition) is 2. The van der Waals surface area contributed by atoms with Crippen LogP contribution in [0.25, 0.3) is 0 Å². The molecule has 0 fully saturated rings. The van der Waals surface area contributed by atoms with E-state index in [2.05, 4.69) is 31.2 Å². The number of aliphatic carboxylic acids is 1. The average molecular weight is 318 g/mol. The second-order valence-corrected chi connectivity index (χ2v) is 5.20. The molecule has 0 aliphatic rings. The van der Waals surface area contributed by atoms with Crippen LogP contribution >= 0.6 is 0 Å². The summed E-state index contributed by atoms with van der Waals surface area (Å²) >= 11 is 0. The first-order chi connectivity index (χ1) is 11.2. The summed E-state index contributed by atoms with van der Waals surface area (Å²) < 4.78 is 0. The van der Waals surface area contributed by atoms with Crippen molar-refractivity contribution < 1.29 is 15.0 Å². The predicted molar refractivity (Wildman–Crippen MR) is 97.3 cm³/mol. The van der Waals surface area contributed by atoms with Crippen LogP contribution in [-0.4, -0.2) is 22.3 Å². The molecule has 0 saturated carbocycles. The highest BCUT2D eigenvalue weighted by Crippen LogP contribution is 1.99. The number of hydrogen-bond acceptors (Lipinski definition) is 2. The van der Waals surface area contributed by atoms with Gasteiger partial charge in [-0.25, -0.2) is 0 Å². The van der Waals surface area contributed by atoms with E-state index in [1.165, 1.54) is 0 Å². The molecule has 3 nitrogen and oxygen atoms in total. The van der Waals surface area contributed by atoms with Gasteiger partial charge in [0.05, 0.1) is 6.10 Å². The molecule has 0 spiro atoms. The van der Waals surface area contributed by atoms with E-state index in [-0.39, 0.29) is 6.42 Å². The maximum Gasteiger partial charge on any atom is 0.303 e. The predicted octanol–water partition coefficient (Wildman–Crippen LogP) is 4.96. The Morgan fingerprint density at radius 2 is 1.65 bits per heavy atom. The van der Waals surface area contributed by atoms with Crippen molar-refractivity contribution in [2.24, 2.45) is 0 Å². The summed E-state index contributed by atoms with van der Waals surface area (Å²) in [6, 6.07) is 0. The topological polar surface area (TPSA) is 57.5 Å². The number of carboxylic acid groups (broad SMARTS) is 1. The van der Waals surface area contributed by atoms with E-state index >= 15 is 0 Å². The fraction of sp³-hybridized carbons (Fsp3) is 0.450. The maximum atomic E-state index is 10.3. The molecule has 0 aliphatic heterocycles. The quantitative estimate of drug-likeness (QED) is 0.286. The molecule has 2 N–H and O–H groups in total. The number of carboxylic acids is 1. The van der Waals surface area contributed by atoms with Gasteiger partial charge in [0.15, 0.2) is 0 Å². The van der Waals surface area contributed by atoms with Gasteiger partial charge in [-0.15, -0.1) is 0 Å². The van der Waals surface area contributed by atoms with E-state index in [0.717, 1.165) is 25.7 Å². The molecular formula is C20H30O3. The van der Waals surface area contributed by atoms with E-state index in [0.29, 0.717) is 12.8 Å². The standard InChI is InChI=1S/C20H30O3/c1-2-3-13-16-19(21)17-14-11-9-7-5-4-6-8-10-12-15-18-20(22)23/h3-5,8-11,13-14,17,19,21H,2,6-7,12,15-16,18H2,1H3,(H,22,23)/t19-/m0/s1. The molecule has 0 aromatic rings. The Bertz CT molecular complexity index is 428. The summed E-state index contributed by atoms with van der Waals surface area (Å²) in [5, 5.41) is 18.1. The van der Waals surface area contributed by atoms with Crippen molar-refractivity contribution in [2.45, 2.75) is 58.0 Å². The number of unbranched alkanes of at least 4 members (excludes halogenated alkanes) is 1. The van der Waals surface area contributed by atoms with Crippen molar-refractivity contribution in [2.75, 3.05) is 0 Å². The minimum atomic E-state index is -0.732. The zero-order valence-electron chi connectivity index (χ0n) is 14.1. The highest BCUT2D eigenvalue weighted by Gasteiger charge is 1.93. The molecule has 0 bridgehead atoms. The Labute approximate surface area is 140 Å². The number of allylic oxidation sites excluding steroid dienone is 8. The van der Waals surface area contributed by atoms with Crippen molar-refractivity contribution in [3.05, 3.63) is 60.8 Å². The van der Waals surface area contributed by atoms with Crippen LogP contribution in [0.5, 0.6) is 0 Å². The third-order valence-electron chi connectivity index (χ3n) is 3.00. The molecule has 0 heterocycles. The van der Waals surface area contributed by atoms with Gasteiger partial charge < -0.3 is 10.2 Å². The van der Waals surface area contributed by atoms with Gasteiger partial charge in [-0.05, 0) is 38.5 Å². The molecule has 0 unspecified atom stereocenters. The second-order valence-electron chi connectivity index (χ2n) is 5.20. The zero-order chi connectivity index (χ0) is 17.2. The summed E-state index contributed by atoms with van der Waals surface area (Å²) in [6.07, 6.45) is 24.7. The normalized spacial score (nSPS) is 14.2. The van der Waals surface area contributed by atoms with Crippen LogP contribution in [0.15, 0.2) is 60.8 Å². The molecule has 3 heteroatoms. The third-order valence-corrected chi connectivity index (χ3v) is 3.00. The Morgan fingerprint density at radius 3 is 2.35 bits per heavy atom. The Balaban J connectivity index is 3.63. The van der Waals surface area contributed by atoms with Crippen LogP contribution in [0, 0.1) is 0 Å². The van der Waals surface area contributed by atoms with Gasteiger partial charge in [0, 0.05) is 6.42 Å². The van der Waals surface area contributed by atoms with Gasteiger partial charge in [-0.3, -0.25) is 4.79 Å². The maximum absolute atomic E-state index is 10.3. The highest BCUT2D eigenvalue weighted by atomic mass is 16.4. The third kappa shape index (κ3) is 18.1. The lowest BCUT2D eigenvalue weighted by Gasteiger charge is -1.98. The minimum Gasteiger partial charge on any atom is -0.481 e. The minimum absolute atomic E-state index is 0.238. The summed E-state index contributed by atoms with van der Waals surface area (Å²) in [5.41, 5.74) is 0. The molecule has 1 atom stereocenters. The molecule has 0 amide bonds. The lowest BCUT2D eigenvalue weighted by molar-refractivity contribution is -0.137. The van der Waals surface area contributed by atoms with Gasteiger partial charge in [0.1, 0.15) is 0 Å². The summed E-state index contributed by atoms with van der Waals surface area (Å²) in [6.45, 7) is 2.07. The molecule has 23 heavy (non-hydrogen) atoms. The van der Waals surface area contributed by atoms with Crippen molar-refractivity contribution in [1.82, 2.24) is 0 Å². The summed E-state index contributed by atoms with van der Waals surface area (Å²) in [7, 11) is 0. The molecular weight excluding hydrogens is 288 g/mol. The average Bonchev–Trinajstić information content (AvgIpc) is 2.51. The molecule has 0 radical (unpaired) electrons. The fourth-order valence-electron chi connectivity index (χ4n) is 1.77. The van der Waals surface area contributed by atoms with Crippen LogP contribution in [0.3, 0.4) is 0 Å². The lowest BCUT2D eigenvalue weighted by Crippen LogP contribution is -1.98. The highest BCUT2D eigenvalue weighted by molar-refractivity contribution is 5.66. The van der Waals surface area contributed by atoms with E-state index < -0.39 is 12.1 Å². The van der Waals surface area contributed by atoms with E-state index in [1.807, 2.05) is 30.4 Å². The molecule has 0 saturated heterocycles. The molecule has 0 aromatic carbocycles. The smallest absolute Gasteiger partial charge is 0.303 e. The first kappa shape index (κ1) is 21.1. The Hall–Kier alpha value is -1.87. The number of aliphatic hydroxyl groups is 1. The fourth-order valence-corrected chi connectivity index (χ4v) is 1.77. The largest absolute Gasteiger partial charge is 0.481 e. The van der Waals surface area contributed by atoms with Gasteiger partial charge in [-0.2, -0.15) is 0 Å². The number of carbonyl (C=O) groups is 1. The van der Waals surface area contributed by atoms with Crippen molar-refractivity contribution >= 4 is 5.97 Å². The van der Waals surface area contributed by atoms with Crippen molar-refractivity contribution in [3.8, 4) is 0 Å². The monoisotopic (exact) mass is 318 g/mol. The van der Waals surface area contributed by atoms with Gasteiger partial charge in [0.2, 0.25) is 0 Å². The molecule has 0 aromatic heterocycles. The van der Waals surface area contributed by atoms with Crippen LogP contribution in [0.4, 0.5) is 0 Å². The first-order valence-electron chi connectivity index (χ1n) is 8.35. The number of aliphatic hydroxyl groups excluding tert-OH is 1. The van der Waals surface area contributed by atoms with E-state index in [4.69, 9.17) is 5.11 Å². The van der Waals surface area contributed by atoms with Gasteiger partial charge in [0.25, 0.3) is 0 Å². The van der Waals surface area contributed by atoms with Crippen LogP contribution < -0.4 is 0 Å². The van der Waals surface area contributed by atoms with Crippen LogP contribution in [0.1, 0.15) is 51.9 Å². The van der Waals surface area contributed by atoms with Crippen LogP contribution in [0.2, 0.25) is 0 Å². The second kappa shape index (κ2) is 16.5. The summed E-state index contributed by atoms with van der Waals surface area (Å²) in [4.78, 5) is 10.3. The first-order valence-corrected chi connectivity index (χ1v) is 8.35. The van der Waals surface area contributed by atoms with E-state index in [1.54, 1.807) is 6.08 Å². The zero-order valence-corrected chi connectivity index (χ0v) is 14.1. The van der Waals surface area contributed by atoms with Crippen molar-refractivity contribution in [1.29, 1.82) is 0 Å². The van der Waals surface area contributed by atoms with Crippen molar-refractivity contribution in [3.63, 3.8) is 0 Å². The lowest BCUT2D eigenvalue weighted by atomic mass is 10.2. The van der Waals surface area contributed by atoms with Gasteiger partial charge >= 0.3 is 5.97 Å². The molecule has 0 aliphatic carbocycles. The number of rotatable bonds is 13. The molecule has 0 rings (SSSR count).